The van der Waals surface area contributed by atoms with Crippen LogP contribution in [-0.2, 0) is 6.42 Å². The highest BCUT2D eigenvalue weighted by molar-refractivity contribution is 7.11. The van der Waals surface area contributed by atoms with Crippen LogP contribution in [0.1, 0.15) is 15.5 Å². The Hall–Kier alpha value is -1.99. The van der Waals surface area contributed by atoms with Gasteiger partial charge >= 0.3 is 5.97 Å². The summed E-state index contributed by atoms with van der Waals surface area (Å²) >= 11 is 2.81. The van der Waals surface area contributed by atoms with Crippen molar-refractivity contribution in [2.75, 3.05) is 11.9 Å². The number of carboxylic acid groups (broad SMARTS) is 1. The number of thiazole rings is 1. The molecule has 0 atom stereocenters. The summed E-state index contributed by atoms with van der Waals surface area (Å²) < 4.78 is 4.36. The first-order valence-electron chi connectivity index (χ1n) is 6.00. The van der Waals surface area contributed by atoms with Crippen molar-refractivity contribution in [2.24, 2.45) is 0 Å². The number of aromatic nitrogens is 2. The van der Waals surface area contributed by atoms with Gasteiger partial charge in [0.25, 0.3) is 0 Å². The van der Waals surface area contributed by atoms with Crippen LogP contribution in [0.3, 0.4) is 0 Å². The Balaban J connectivity index is 1.63. The maximum absolute atomic E-state index is 10.7. The van der Waals surface area contributed by atoms with Crippen LogP contribution in [-0.4, -0.2) is 27.0 Å². The van der Waals surface area contributed by atoms with Crippen LogP contribution < -0.4 is 5.32 Å². The van der Waals surface area contributed by atoms with E-state index in [9.17, 15) is 4.79 Å². The number of hydrogen-bond donors (Lipinski definition) is 2. The second-order valence-electron chi connectivity index (χ2n) is 4.14. The molecule has 0 radical (unpaired) electrons. The fourth-order valence-corrected chi connectivity index (χ4v) is 3.38. The average Bonchev–Trinajstić information content (AvgIpc) is 3.06. The van der Waals surface area contributed by atoms with Gasteiger partial charge in [-0.3, -0.25) is 0 Å². The van der Waals surface area contributed by atoms with E-state index in [0.717, 1.165) is 20.9 Å². The first-order valence-corrected chi connectivity index (χ1v) is 7.65. The van der Waals surface area contributed by atoms with Crippen LogP contribution >= 0.6 is 22.9 Å². The molecule has 2 aromatic heterocycles. The molecular weight excluding hydrogens is 294 g/mol. The molecule has 102 valence electrons. The molecular formula is C13H11N3O2S2. The average molecular weight is 305 g/mol. The van der Waals surface area contributed by atoms with Crippen molar-refractivity contribution in [1.82, 2.24) is 9.36 Å². The molecule has 0 saturated heterocycles. The number of carbonyl (C=O) groups is 1. The molecule has 0 spiro atoms. The van der Waals surface area contributed by atoms with E-state index in [1.807, 2.05) is 24.3 Å². The van der Waals surface area contributed by atoms with E-state index in [1.165, 1.54) is 22.9 Å². The minimum Gasteiger partial charge on any atom is -0.476 e. The Morgan fingerprint density at radius 1 is 1.35 bits per heavy atom. The number of hydrogen-bond acceptors (Lipinski definition) is 6. The molecule has 0 unspecified atom stereocenters. The highest BCUT2D eigenvalue weighted by Gasteiger charge is 2.09. The van der Waals surface area contributed by atoms with Crippen LogP contribution in [0.4, 0.5) is 5.00 Å². The molecule has 7 heteroatoms. The molecule has 0 aliphatic rings. The van der Waals surface area contributed by atoms with Gasteiger partial charge in [-0.1, -0.05) is 12.1 Å². The summed E-state index contributed by atoms with van der Waals surface area (Å²) in [7, 11) is 0. The minimum absolute atomic E-state index is 0.119. The third kappa shape index (κ3) is 2.63. The molecule has 2 heterocycles. The van der Waals surface area contributed by atoms with E-state index in [4.69, 9.17) is 5.11 Å². The standard InChI is InChI=1S/C13H11N3O2S2/c17-13(18)10-7-19-11(15-10)5-6-14-12-8-3-1-2-4-9(8)16-20-12/h1-4,7,14H,5-6H2,(H,17,18). The summed E-state index contributed by atoms with van der Waals surface area (Å²) in [6, 6.07) is 7.97. The Labute approximate surface area is 123 Å². The quantitative estimate of drug-likeness (QED) is 0.757. The predicted molar refractivity (Wildman–Crippen MR) is 80.9 cm³/mol. The smallest absolute Gasteiger partial charge is 0.355 e. The van der Waals surface area contributed by atoms with Gasteiger partial charge in [0.05, 0.1) is 10.5 Å². The lowest BCUT2D eigenvalue weighted by atomic mass is 10.2. The molecule has 0 aliphatic heterocycles. The molecule has 5 nitrogen and oxygen atoms in total. The number of rotatable bonds is 5. The number of anilines is 1. The van der Waals surface area contributed by atoms with Crippen LogP contribution in [0.5, 0.6) is 0 Å². The summed E-state index contributed by atoms with van der Waals surface area (Å²) in [5.74, 6) is -0.978. The number of aromatic carboxylic acids is 1. The molecule has 0 aliphatic carbocycles. The normalized spacial score (nSPS) is 10.8. The fourth-order valence-electron chi connectivity index (χ4n) is 1.82. The van der Waals surface area contributed by atoms with Gasteiger partial charge in [-0.15, -0.1) is 11.3 Å². The lowest BCUT2D eigenvalue weighted by Gasteiger charge is -2.01. The van der Waals surface area contributed by atoms with E-state index in [1.54, 1.807) is 5.38 Å². The molecule has 1 aromatic carbocycles. The van der Waals surface area contributed by atoms with Crippen molar-refractivity contribution in [3.05, 3.63) is 40.3 Å². The molecule has 0 fully saturated rings. The van der Waals surface area contributed by atoms with Crippen molar-refractivity contribution in [3.63, 3.8) is 0 Å². The second kappa shape index (κ2) is 5.56. The first-order chi connectivity index (χ1) is 9.74. The Morgan fingerprint density at radius 3 is 3.00 bits per heavy atom. The van der Waals surface area contributed by atoms with Gasteiger partial charge in [-0.05, 0) is 23.7 Å². The van der Waals surface area contributed by atoms with Gasteiger partial charge in [0, 0.05) is 23.7 Å². The van der Waals surface area contributed by atoms with E-state index in [0.29, 0.717) is 13.0 Å². The zero-order chi connectivity index (χ0) is 13.9. The number of fused-ring (bicyclic) bond motifs is 1. The molecule has 2 N–H and O–H groups in total. The van der Waals surface area contributed by atoms with Crippen LogP contribution in [0, 0.1) is 0 Å². The van der Waals surface area contributed by atoms with Crippen molar-refractivity contribution in [1.29, 1.82) is 0 Å². The number of carboxylic acids is 1. The third-order valence-electron chi connectivity index (χ3n) is 2.78. The predicted octanol–water partition coefficient (Wildman–Crippen LogP) is 3.11. The molecule has 0 bridgehead atoms. The zero-order valence-electron chi connectivity index (χ0n) is 10.4. The number of nitrogens with zero attached hydrogens (tertiary/aromatic N) is 2. The van der Waals surface area contributed by atoms with Crippen molar-refractivity contribution < 1.29 is 9.90 Å². The molecule has 0 saturated carbocycles. The monoisotopic (exact) mass is 305 g/mol. The Bertz CT molecular complexity index is 751. The molecule has 3 rings (SSSR count). The third-order valence-corrected chi connectivity index (χ3v) is 4.52. The Kier molecular flexibility index (Phi) is 3.62. The molecule has 3 aromatic rings. The molecule has 0 amide bonds. The molecule has 20 heavy (non-hydrogen) atoms. The van der Waals surface area contributed by atoms with Crippen molar-refractivity contribution in [3.8, 4) is 0 Å². The van der Waals surface area contributed by atoms with Crippen LogP contribution in [0.2, 0.25) is 0 Å². The van der Waals surface area contributed by atoms with Gasteiger partial charge < -0.3 is 10.4 Å². The summed E-state index contributed by atoms with van der Waals surface area (Å²) in [5.41, 5.74) is 1.11. The van der Waals surface area contributed by atoms with E-state index in [2.05, 4.69) is 14.7 Å². The van der Waals surface area contributed by atoms with Gasteiger partial charge in [0.1, 0.15) is 5.00 Å². The zero-order valence-corrected chi connectivity index (χ0v) is 12.0. The summed E-state index contributed by atoms with van der Waals surface area (Å²) in [6.45, 7) is 0.707. The summed E-state index contributed by atoms with van der Waals surface area (Å²) in [5, 5.41) is 16.7. The maximum atomic E-state index is 10.7. The topological polar surface area (TPSA) is 75.1 Å². The van der Waals surface area contributed by atoms with Crippen LogP contribution in [0.15, 0.2) is 29.6 Å². The van der Waals surface area contributed by atoms with Crippen molar-refractivity contribution in [2.45, 2.75) is 6.42 Å². The highest BCUT2D eigenvalue weighted by Crippen LogP contribution is 2.27. The second-order valence-corrected chi connectivity index (χ2v) is 5.85. The maximum Gasteiger partial charge on any atom is 0.355 e. The van der Waals surface area contributed by atoms with E-state index in [-0.39, 0.29) is 5.69 Å². The van der Waals surface area contributed by atoms with Gasteiger partial charge in [-0.2, -0.15) is 4.37 Å². The lowest BCUT2D eigenvalue weighted by Crippen LogP contribution is -2.04. The minimum atomic E-state index is -0.978. The SMILES string of the molecule is O=C(O)c1csc(CCNc2snc3ccccc23)n1. The number of benzene rings is 1. The largest absolute Gasteiger partial charge is 0.476 e. The summed E-state index contributed by atoms with van der Waals surface area (Å²) in [4.78, 5) is 14.8. The van der Waals surface area contributed by atoms with Gasteiger partial charge in [-0.25, -0.2) is 9.78 Å². The Morgan fingerprint density at radius 2 is 2.20 bits per heavy atom. The van der Waals surface area contributed by atoms with E-state index >= 15 is 0 Å². The fraction of sp³-hybridized carbons (Fsp3) is 0.154. The lowest BCUT2D eigenvalue weighted by molar-refractivity contribution is 0.0691. The number of nitrogens with one attached hydrogen (secondary N) is 1. The highest BCUT2D eigenvalue weighted by atomic mass is 32.1. The first kappa shape index (κ1) is 13.0. The summed E-state index contributed by atoms with van der Waals surface area (Å²) in [6.07, 6.45) is 0.699. The van der Waals surface area contributed by atoms with E-state index < -0.39 is 5.97 Å². The van der Waals surface area contributed by atoms with Crippen LogP contribution in [0.25, 0.3) is 10.9 Å². The van der Waals surface area contributed by atoms with Gasteiger partial charge in [0.2, 0.25) is 0 Å². The van der Waals surface area contributed by atoms with Crippen molar-refractivity contribution >= 4 is 44.7 Å². The van der Waals surface area contributed by atoms with Gasteiger partial charge in [0.15, 0.2) is 5.69 Å².